The second kappa shape index (κ2) is 6.01. The van der Waals surface area contributed by atoms with E-state index in [1.807, 2.05) is 13.8 Å². The van der Waals surface area contributed by atoms with E-state index in [1.54, 1.807) is 11.4 Å². The number of piperazine rings is 1. The van der Waals surface area contributed by atoms with Gasteiger partial charge in [-0.25, -0.2) is 8.42 Å². The first-order chi connectivity index (χ1) is 9.41. The molecule has 0 amide bonds. The summed E-state index contributed by atoms with van der Waals surface area (Å²) in [5, 5.41) is 7.57. The zero-order valence-electron chi connectivity index (χ0n) is 12.0. The Balaban J connectivity index is 2.40. The predicted octanol–water partition coefficient (Wildman–Crippen LogP) is 1.22. The van der Waals surface area contributed by atoms with Crippen molar-refractivity contribution < 1.29 is 8.42 Å². The zero-order valence-corrected chi connectivity index (χ0v) is 13.6. The van der Waals surface area contributed by atoms with E-state index in [4.69, 9.17) is 11.6 Å². The molecule has 2 atom stereocenters. The fourth-order valence-electron chi connectivity index (χ4n) is 2.55. The zero-order chi connectivity index (χ0) is 14.9. The molecule has 1 N–H and O–H groups in total. The van der Waals surface area contributed by atoms with Crippen LogP contribution in [0.1, 0.15) is 26.7 Å². The van der Waals surface area contributed by atoms with Crippen LogP contribution in [0.15, 0.2) is 11.2 Å². The van der Waals surface area contributed by atoms with Gasteiger partial charge in [0.25, 0.3) is 10.0 Å². The third kappa shape index (κ3) is 2.72. The summed E-state index contributed by atoms with van der Waals surface area (Å²) in [6.45, 7) is 5.18. The van der Waals surface area contributed by atoms with E-state index in [0.717, 1.165) is 12.8 Å². The molecule has 2 unspecified atom stereocenters. The molecule has 1 saturated heterocycles. The average Bonchev–Trinajstić information content (AvgIpc) is 2.77. The second-order valence-corrected chi connectivity index (χ2v) is 7.28. The van der Waals surface area contributed by atoms with Gasteiger partial charge in [-0.1, -0.05) is 25.4 Å². The number of hydrogen-bond acceptors (Lipinski definition) is 4. The Bertz CT molecular complexity index is 553. The highest BCUT2D eigenvalue weighted by atomic mass is 35.5. The maximum absolute atomic E-state index is 12.9. The maximum Gasteiger partial charge on any atom is 0.262 e. The smallest absolute Gasteiger partial charge is 0.262 e. The van der Waals surface area contributed by atoms with Crippen LogP contribution in [0.2, 0.25) is 5.02 Å². The normalized spacial score (nSPS) is 25.0. The Morgan fingerprint density at radius 1 is 1.45 bits per heavy atom. The summed E-state index contributed by atoms with van der Waals surface area (Å²) in [7, 11) is -2.03. The molecule has 0 saturated carbocycles. The summed E-state index contributed by atoms with van der Waals surface area (Å²) in [6, 6.07) is 0.133. The molecule has 114 valence electrons. The summed E-state index contributed by atoms with van der Waals surface area (Å²) in [5.41, 5.74) is 0. The lowest BCUT2D eigenvalue weighted by atomic mass is 10.1. The number of aryl methyl sites for hydroxylation is 1. The highest BCUT2D eigenvalue weighted by molar-refractivity contribution is 7.89. The Morgan fingerprint density at radius 3 is 2.65 bits per heavy atom. The molecule has 0 aromatic carbocycles. The van der Waals surface area contributed by atoms with E-state index in [1.165, 1.54) is 10.9 Å². The van der Waals surface area contributed by atoms with Crippen LogP contribution < -0.4 is 5.32 Å². The van der Waals surface area contributed by atoms with Crippen LogP contribution in [-0.2, 0) is 17.1 Å². The van der Waals surface area contributed by atoms with Gasteiger partial charge in [-0.05, 0) is 12.8 Å². The lowest BCUT2D eigenvalue weighted by Gasteiger charge is -2.38. The molecule has 2 heterocycles. The molecule has 0 bridgehead atoms. The topological polar surface area (TPSA) is 67.2 Å². The van der Waals surface area contributed by atoms with E-state index in [9.17, 15) is 8.42 Å². The Hall–Kier alpha value is -0.630. The minimum atomic E-state index is -3.62. The third-order valence-corrected chi connectivity index (χ3v) is 6.24. The number of halogens is 1. The highest BCUT2D eigenvalue weighted by Gasteiger charge is 2.38. The molecule has 2 rings (SSSR count). The van der Waals surface area contributed by atoms with Gasteiger partial charge in [0.1, 0.15) is 0 Å². The van der Waals surface area contributed by atoms with Gasteiger partial charge in [-0.3, -0.25) is 4.68 Å². The summed E-state index contributed by atoms with van der Waals surface area (Å²) >= 11 is 6.01. The molecule has 1 aromatic rings. The summed E-state index contributed by atoms with van der Waals surface area (Å²) in [5.74, 6) is 0. The fourth-order valence-corrected chi connectivity index (χ4v) is 4.90. The predicted molar refractivity (Wildman–Crippen MR) is 78.3 cm³/mol. The highest BCUT2D eigenvalue weighted by Crippen LogP contribution is 2.27. The minimum Gasteiger partial charge on any atom is -0.311 e. The van der Waals surface area contributed by atoms with Gasteiger partial charge in [0.15, 0.2) is 5.03 Å². The quantitative estimate of drug-likeness (QED) is 0.906. The Morgan fingerprint density at radius 2 is 2.15 bits per heavy atom. The largest absolute Gasteiger partial charge is 0.311 e. The van der Waals surface area contributed by atoms with E-state index in [2.05, 4.69) is 10.4 Å². The van der Waals surface area contributed by atoms with Gasteiger partial charge in [0, 0.05) is 32.2 Å². The van der Waals surface area contributed by atoms with E-state index >= 15 is 0 Å². The first kappa shape index (κ1) is 15.8. The van der Waals surface area contributed by atoms with Crippen molar-refractivity contribution in [2.45, 2.75) is 43.8 Å². The average molecular weight is 321 g/mol. The van der Waals surface area contributed by atoms with Crippen molar-refractivity contribution in [3.8, 4) is 0 Å². The standard InChI is InChI=1S/C12H21ClN4O2S/c1-4-9-8-17(10(5-2)6-14-9)20(18,19)12-11(13)7-15-16(12)3/h7,9-10,14H,4-6,8H2,1-3H3. The number of rotatable bonds is 4. The monoisotopic (exact) mass is 320 g/mol. The number of nitrogens with zero attached hydrogens (tertiary/aromatic N) is 3. The van der Waals surface area contributed by atoms with Gasteiger partial charge in [0.05, 0.1) is 11.2 Å². The summed E-state index contributed by atoms with van der Waals surface area (Å²) < 4.78 is 28.6. The molecule has 0 spiro atoms. The van der Waals surface area contributed by atoms with Crippen LogP contribution in [0.4, 0.5) is 0 Å². The van der Waals surface area contributed by atoms with Gasteiger partial charge >= 0.3 is 0 Å². The first-order valence-corrected chi connectivity index (χ1v) is 8.66. The Labute approximate surface area is 125 Å². The van der Waals surface area contributed by atoms with E-state index < -0.39 is 10.0 Å². The fraction of sp³-hybridized carbons (Fsp3) is 0.750. The Kier molecular flexibility index (Phi) is 4.73. The molecular formula is C12H21ClN4O2S. The van der Waals surface area contributed by atoms with Crippen molar-refractivity contribution in [2.24, 2.45) is 7.05 Å². The van der Waals surface area contributed by atoms with Gasteiger partial charge in [-0.15, -0.1) is 0 Å². The van der Waals surface area contributed by atoms with Crippen LogP contribution >= 0.6 is 11.6 Å². The van der Waals surface area contributed by atoms with Gasteiger partial charge < -0.3 is 5.32 Å². The van der Waals surface area contributed by atoms with Crippen molar-refractivity contribution in [2.75, 3.05) is 13.1 Å². The lowest BCUT2D eigenvalue weighted by Crippen LogP contribution is -2.57. The molecule has 1 aliphatic rings. The molecule has 1 fully saturated rings. The molecule has 6 nitrogen and oxygen atoms in total. The number of hydrogen-bond donors (Lipinski definition) is 1. The minimum absolute atomic E-state index is 0.0474. The second-order valence-electron chi connectivity index (χ2n) is 5.07. The van der Waals surface area contributed by atoms with Crippen molar-refractivity contribution in [1.82, 2.24) is 19.4 Å². The molecule has 0 radical (unpaired) electrons. The molecule has 1 aliphatic heterocycles. The van der Waals surface area contributed by atoms with Crippen molar-refractivity contribution in [3.63, 3.8) is 0 Å². The lowest BCUT2D eigenvalue weighted by molar-refractivity contribution is 0.214. The number of aromatic nitrogens is 2. The van der Waals surface area contributed by atoms with Crippen LogP contribution in [-0.4, -0.2) is 47.7 Å². The molecule has 8 heteroatoms. The van der Waals surface area contributed by atoms with Crippen LogP contribution in [0, 0.1) is 0 Å². The van der Waals surface area contributed by atoms with Crippen LogP contribution in [0.3, 0.4) is 0 Å². The van der Waals surface area contributed by atoms with Crippen LogP contribution in [0.5, 0.6) is 0 Å². The van der Waals surface area contributed by atoms with Gasteiger partial charge in [-0.2, -0.15) is 9.40 Å². The molecular weight excluding hydrogens is 300 g/mol. The molecule has 0 aliphatic carbocycles. The SMILES string of the molecule is CCC1CN(S(=O)(=O)c2c(Cl)cnn2C)C(CC)CN1. The van der Waals surface area contributed by atoms with E-state index in [-0.39, 0.29) is 22.1 Å². The van der Waals surface area contributed by atoms with Crippen LogP contribution in [0.25, 0.3) is 0 Å². The summed E-state index contributed by atoms with van der Waals surface area (Å²) in [6.07, 6.45) is 3.02. The summed E-state index contributed by atoms with van der Waals surface area (Å²) in [4.78, 5) is 0. The maximum atomic E-state index is 12.9. The first-order valence-electron chi connectivity index (χ1n) is 6.84. The number of sulfonamides is 1. The van der Waals surface area contributed by atoms with Crippen molar-refractivity contribution in [3.05, 3.63) is 11.2 Å². The van der Waals surface area contributed by atoms with E-state index in [0.29, 0.717) is 13.1 Å². The number of nitrogens with one attached hydrogen (secondary N) is 1. The van der Waals surface area contributed by atoms with Gasteiger partial charge in [0.2, 0.25) is 0 Å². The molecule has 20 heavy (non-hydrogen) atoms. The third-order valence-electron chi connectivity index (χ3n) is 3.81. The molecule has 1 aromatic heterocycles. The van der Waals surface area contributed by atoms with Crippen molar-refractivity contribution >= 4 is 21.6 Å². The van der Waals surface area contributed by atoms with Crippen molar-refractivity contribution in [1.29, 1.82) is 0 Å².